The van der Waals surface area contributed by atoms with Gasteiger partial charge in [0, 0.05) is 17.4 Å². The minimum Gasteiger partial charge on any atom is -0.477 e. The third kappa shape index (κ3) is 2.99. The van der Waals surface area contributed by atoms with E-state index >= 15 is 0 Å². The summed E-state index contributed by atoms with van der Waals surface area (Å²) in [6.07, 6.45) is -4.33. The van der Waals surface area contributed by atoms with Gasteiger partial charge in [0.1, 0.15) is 5.69 Å². The molecular formula is C18H14F3NO2. The van der Waals surface area contributed by atoms with E-state index in [-0.39, 0.29) is 24.2 Å². The molecule has 1 N–H and O–H groups in total. The minimum atomic E-state index is -4.43. The van der Waals surface area contributed by atoms with Crippen molar-refractivity contribution >= 4 is 16.9 Å². The van der Waals surface area contributed by atoms with Gasteiger partial charge in [-0.15, -0.1) is 0 Å². The van der Waals surface area contributed by atoms with Crippen molar-refractivity contribution in [2.75, 3.05) is 0 Å². The summed E-state index contributed by atoms with van der Waals surface area (Å²) in [5.41, 5.74) is 0.234. The van der Waals surface area contributed by atoms with Gasteiger partial charge >= 0.3 is 12.1 Å². The van der Waals surface area contributed by atoms with Gasteiger partial charge in [-0.3, -0.25) is 0 Å². The number of hydrogen-bond donors (Lipinski definition) is 1. The first-order valence-corrected chi connectivity index (χ1v) is 7.34. The summed E-state index contributed by atoms with van der Waals surface area (Å²) < 4.78 is 40.8. The summed E-state index contributed by atoms with van der Waals surface area (Å²) in [4.78, 5) is 11.4. The van der Waals surface area contributed by atoms with E-state index in [0.717, 1.165) is 11.5 Å². The zero-order valence-electron chi connectivity index (χ0n) is 12.5. The van der Waals surface area contributed by atoms with Crippen LogP contribution in [-0.4, -0.2) is 15.6 Å². The van der Waals surface area contributed by atoms with E-state index in [1.807, 2.05) is 0 Å². The Morgan fingerprint density at radius 1 is 1.04 bits per heavy atom. The lowest BCUT2D eigenvalue weighted by atomic mass is 10.0. The molecule has 0 atom stereocenters. The lowest BCUT2D eigenvalue weighted by molar-refractivity contribution is -0.138. The molecule has 0 amide bonds. The van der Waals surface area contributed by atoms with Crippen LogP contribution in [0.15, 0.2) is 54.6 Å². The summed E-state index contributed by atoms with van der Waals surface area (Å²) in [6, 6.07) is 14.0. The molecule has 3 aromatic rings. The summed E-state index contributed by atoms with van der Waals surface area (Å²) in [5, 5.41) is 10.1. The Kier molecular flexibility index (Phi) is 4.05. The predicted octanol–water partition coefficient (Wildman–Crippen LogP) is 4.60. The fourth-order valence-electron chi connectivity index (χ4n) is 2.88. The first-order chi connectivity index (χ1) is 11.4. The van der Waals surface area contributed by atoms with E-state index in [1.54, 1.807) is 34.9 Å². The number of aromatic carboxylic acids is 1. The van der Waals surface area contributed by atoms with Crippen molar-refractivity contribution in [3.8, 4) is 0 Å². The molecule has 124 valence electrons. The largest absolute Gasteiger partial charge is 0.477 e. The third-order valence-electron chi connectivity index (χ3n) is 3.96. The van der Waals surface area contributed by atoms with Gasteiger partial charge in [-0.05, 0) is 30.2 Å². The molecule has 0 radical (unpaired) electrons. The molecule has 3 nitrogen and oxygen atoms in total. The number of benzene rings is 2. The van der Waals surface area contributed by atoms with Crippen LogP contribution >= 0.6 is 0 Å². The lowest BCUT2D eigenvalue weighted by Crippen LogP contribution is -2.13. The highest BCUT2D eigenvalue weighted by molar-refractivity contribution is 5.94. The van der Waals surface area contributed by atoms with Gasteiger partial charge < -0.3 is 9.67 Å². The molecule has 6 heteroatoms. The maximum Gasteiger partial charge on any atom is 0.416 e. The van der Waals surface area contributed by atoms with Crippen LogP contribution in [-0.2, 0) is 19.1 Å². The maximum absolute atomic E-state index is 13.1. The number of carbonyl (C=O) groups is 1. The Morgan fingerprint density at radius 3 is 2.42 bits per heavy atom. The molecule has 1 heterocycles. The SMILES string of the molecule is O=C(O)c1cc2ccccc2n1CCc1ccccc1C(F)(F)F. The van der Waals surface area contributed by atoms with Crippen molar-refractivity contribution in [1.29, 1.82) is 0 Å². The van der Waals surface area contributed by atoms with Crippen molar-refractivity contribution in [2.24, 2.45) is 0 Å². The number of alkyl halides is 3. The van der Waals surface area contributed by atoms with Gasteiger partial charge in [-0.1, -0.05) is 36.4 Å². The molecule has 0 saturated heterocycles. The number of carboxylic acids is 1. The molecule has 0 aliphatic carbocycles. The molecule has 0 spiro atoms. The van der Waals surface area contributed by atoms with E-state index in [1.165, 1.54) is 18.2 Å². The van der Waals surface area contributed by atoms with E-state index in [2.05, 4.69) is 0 Å². The summed E-state index contributed by atoms with van der Waals surface area (Å²) >= 11 is 0. The van der Waals surface area contributed by atoms with Crippen LogP contribution in [0.4, 0.5) is 13.2 Å². The third-order valence-corrected chi connectivity index (χ3v) is 3.96. The van der Waals surface area contributed by atoms with Gasteiger partial charge in [0.15, 0.2) is 0 Å². The molecule has 0 saturated carbocycles. The van der Waals surface area contributed by atoms with Crippen LogP contribution in [0.5, 0.6) is 0 Å². The number of rotatable bonds is 4. The lowest BCUT2D eigenvalue weighted by Gasteiger charge is -2.14. The molecule has 0 aliphatic heterocycles. The summed E-state index contributed by atoms with van der Waals surface area (Å²) in [5.74, 6) is -1.10. The molecular weight excluding hydrogens is 319 g/mol. The molecule has 0 fully saturated rings. The number of carboxylic acid groups (broad SMARTS) is 1. The second-order valence-electron chi connectivity index (χ2n) is 5.45. The highest BCUT2D eigenvalue weighted by atomic mass is 19.4. The van der Waals surface area contributed by atoms with Crippen molar-refractivity contribution < 1.29 is 23.1 Å². The average molecular weight is 333 g/mol. The van der Waals surface area contributed by atoms with Crippen molar-refractivity contribution in [2.45, 2.75) is 19.1 Å². The summed E-state index contributed by atoms with van der Waals surface area (Å²) in [7, 11) is 0. The first kappa shape index (κ1) is 16.1. The molecule has 0 unspecified atom stereocenters. The zero-order valence-corrected chi connectivity index (χ0v) is 12.5. The Labute approximate surface area is 136 Å². The molecule has 0 bridgehead atoms. The number of fused-ring (bicyclic) bond motifs is 1. The van der Waals surface area contributed by atoms with E-state index in [4.69, 9.17) is 0 Å². The zero-order chi connectivity index (χ0) is 17.3. The molecule has 2 aromatic carbocycles. The van der Waals surface area contributed by atoms with Gasteiger partial charge in [-0.25, -0.2) is 4.79 Å². The highest BCUT2D eigenvalue weighted by Crippen LogP contribution is 2.32. The second kappa shape index (κ2) is 6.03. The van der Waals surface area contributed by atoms with E-state index < -0.39 is 17.7 Å². The van der Waals surface area contributed by atoms with Gasteiger partial charge in [0.2, 0.25) is 0 Å². The summed E-state index contributed by atoms with van der Waals surface area (Å²) in [6.45, 7) is 0.155. The number of para-hydroxylation sites is 1. The second-order valence-corrected chi connectivity index (χ2v) is 5.45. The number of aryl methyl sites for hydroxylation is 2. The quantitative estimate of drug-likeness (QED) is 0.758. The molecule has 3 rings (SSSR count). The Morgan fingerprint density at radius 2 is 1.71 bits per heavy atom. The first-order valence-electron chi connectivity index (χ1n) is 7.34. The van der Waals surface area contributed by atoms with Crippen LogP contribution in [0, 0.1) is 0 Å². The number of halogens is 3. The minimum absolute atomic E-state index is 0.0701. The molecule has 1 aromatic heterocycles. The Balaban J connectivity index is 1.98. The molecule has 0 aliphatic rings. The topological polar surface area (TPSA) is 42.2 Å². The van der Waals surface area contributed by atoms with Crippen LogP contribution in [0.1, 0.15) is 21.6 Å². The van der Waals surface area contributed by atoms with Crippen molar-refractivity contribution in [3.05, 3.63) is 71.4 Å². The predicted molar refractivity (Wildman–Crippen MR) is 84.0 cm³/mol. The van der Waals surface area contributed by atoms with Crippen LogP contribution in [0.2, 0.25) is 0 Å². The smallest absolute Gasteiger partial charge is 0.416 e. The maximum atomic E-state index is 13.1. The van der Waals surface area contributed by atoms with E-state index in [0.29, 0.717) is 5.52 Å². The highest BCUT2D eigenvalue weighted by Gasteiger charge is 2.32. The van der Waals surface area contributed by atoms with Crippen LogP contribution in [0.25, 0.3) is 10.9 Å². The monoisotopic (exact) mass is 333 g/mol. The average Bonchev–Trinajstić information content (AvgIpc) is 2.91. The Bertz CT molecular complexity index is 897. The van der Waals surface area contributed by atoms with E-state index in [9.17, 15) is 23.1 Å². The Hall–Kier alpha value is -2.76. The van der Waals surface area contributed by atoms with Gasteiger partial charge in [-0.2, -0.15) is 13.2 Å². The fourth-order valence-corrected chi connectivity index (χ4v) is 2.88. The number of nitrogens with zero attached hydrogens (tertiary/aromatic N) is 1. The normalized spacial score (nSPS) is 11.8. The van der Waals surface area contributed by atoms with Crippen LogP contribution in [0.3, 0.4) is 0 Å². The van der Waals surface area contributed by atoms with Crippen molar-refractivity contribution in [1.82, 2.24) is 4.57 Å². The van der Waals surface area contributed by atoms with Crippen LogP contribution < -0.4 is 0 Å². The number of hydrogen-bond acceptors (Lipinski definition) is 1. The standard InChI is InChI=1S/C18H14F3NO2/c19-18(20,21)14-7-3-1-5-12(14)9-10-22-15-8-4-2-6-13(15)11-16(22)17(23)24/h1-8,11H,9-10H2,(H,23,24). The number of aromatic nitrogens is 1. The van der Waals surface area contributed by atoms with Gasteiger partial charge in [0.25, 0.3) is 0 Å². The van der Waals surface area contributed by atoms with Gasteiger partial charge in [0.05, 0.1) is 5.56 Å². The van der Waals surface area contributed by atoms with Crippen molar-refractivity contribution in [3.63, 3.8) is 0 Å². The fraction of sp³-hybridized carbons (Fsp3) is 0.167. The molecule has 24 heavy (non-hydrogen) atoms.